The highest BCUT2D eigenvalue weighted by Crippen LogP contribution is 2.50. The molecule has 2 N–H and O–H groups in total. The van der Waals surface area contributed by atoms with Crippen molar-refractivity contribution in [1.29, 1.82) is 0 Å². The van der Waals surface area contributed by atoms with Crippen molar-refractivity contribution in [2.24, 2.45) is 11.7 Å². The van der Waals surface area contributed by atoms with Crippen LogP contribution in [0.5, 0.6) is 0 Å². The highest BCUT2D eigenvalue weighted by molar-refractivity contribution is 6.97. The number of rotatable bonds is 7. The molecule has 172 valence electrons. The molecule has 34 heavy (non-hydrogen) atoms. The van der Waals surface area contributed by atoms with Gasteiger partial charge in [-0.1, -0.05) is 121 Å². The van der Waals surface area contributed by atoms with Crippen molar-refractivity contribution in [1.82, 2.24) is 0 Å². The molecule has 0 aromatic heterocycles. The van der Waals surface area contributed by atoms with E-state index in [1.807, 2.05) is 0 Å². The Labute approximate surface area is 204 Å². The molecule has 4 aromatic rings. The first-order valence-electron chi connectivity index (χ1n) is 12.4. The van der Waals surface area contributed by atoms with E-state index in [-0.39, 0.29) is 0 Å². The van der Waals surface area contributed by atoms with Gasteiger partial charge in [0, 0.05) is 0 Å². The minimum Gasteiger partial charge on any atom is -0.394 e. The SMILES string of the molecule is NCCCC1CC[Si](c2ccccc2)(c2ccccc2)OC1(c1ccccc1)c1ccccc1. The van der Waals surface area contributed by atoms with Gasteiger partial charge in [0.1, 0.15) is 5.60 Å². The predicted molar refractivity (Wildman–Crippen MR) is 144 cm³/mol. The molecule has 2 nitrogen and oxygen atoms in total. The summed E-state index contributed by atoms with van der Waals surface area (Å²) in [5, 5.41) is 2.68. The Balaban J connectivity index is 1.77. The maximum absolute atomic E-state index is 7.81. The average molecular weight is 464 g/mol. The van der Waals surface area contributed by atoms with Crippen molar-refractivity contribution in [3.8, 4) is 0 Å². The van der Waals surface area contributed by atoms with Crippen LogP contribution in [-0.2, 0) is 10.0 Å². The summed E-state index contributed by atoms with van der Waals surface area (Å²) in [6.45, 7) is 0.704. The third-order valence-electron chi connectivity index (χ3n) is 7.40. The minimum absolute atomic E-state index is 0.355. The summed E-state index contributed by atoms with van der Waals surface area (Å²) in [6.07, 6.45) is 3.16. The van der Waals surface area contributed by atoms with Crippen LogP contribution in [-0.4, -0.2) is 14.9 Å². The normalized spacial score (nSPS) is 18.9. The van der Waals surface area contributed by atoms with E-state index in [9.17, 15) is 0 Å². The van der Waals surface area contributed by atoms with Crippen molar-refractivity contribution in [3.63, 3.8) is 0 Å². The van der Waals surface area contributed by atoms with E-state index >= 15 is 0 Å². The Kier molecular flexibility index (Phi) is 6.77. The van der Waals surface area contributed by atoms with E-state index in [1.54, 1.807) is 0 Å². The number of benzene rings is 4. The molecule has 4 aromatic carbocycles. The maximum Gasteiger partial charge on any atom is 0.257 e. The lowest BCUT2D eigenvalue weighted by Crippen LogP contribution is -2.68. The zero-order valence-electron chi connectivity index (χ0n) is 19.6. The van der Waals surface area contributed by atoms with E-state index < -0.39 is 13.9 Å². The van der Waals surface area contributed by atoms with E-state index in [2.05, 4.69) is 121 Å². The van der Waals surface area contributed by atoms with Crippen LogP contribution in [0.3, 0.4) is 0 Å². The van der Waals surface area contributed by atoms with Gasteiger partial charge in [-0.3, -0.25) is 0 Å². The van der Waals surface area contributed by atoms with Crippen molar-refractivity contribution in [2.45, 2.75) is 30.9 Å². The molecule has 5 rings (SSSR count). The van der Waals surface area contributed by atoms with Gasteiger partial charge >= 0.3 is 0 Å². The van der Waals surface area contributed by atoms with E-state index in [1.165, 1.54) is 21.5 Å². The van der Waals surface area contributed by atoms with Gasteiger partial charge in [-0.2, -0.15) is 0 Å². The average Bonchev–Trinajstić information content (AvgIpc) is 2.94. The second-order valence-corrected chi connectivity index (χ2v) is 12.8. The molecule has 1 heterocycles. The van der Waals surface area contributed by atoms with Crippen LogP contribution in [0, 0.1) is 5.92 Å². The Bertz CT molecular complexity index is 1090. The Morgan fingerprint density at radius 3 is 1.56 bits per heavy atom. The van der Waals surface area contributed by atoms with Crippen LogP contribution in [0.4, 0.5) is 0 Å². The summed E-state index contributed by atoms with van der Waals surface area (Å²) >= 11 is 0. The van der Waals surface area contributed by atoms with Gasteiger partial charge in [-0.05, 0) is 59.3 Å². The highest BCUT2D eigenvalue weighted by atomic mass is 28.4. The number of nitrogens with two attached hydrogens (primary N) is 1. The fraction of sp³-hybridized carbons (Fsp3) is 0.226. The molecule has 0 radical (unpaired) electrons. The van der Waals surface area contributed by atoms with Crippen LogP contribution in [0.2, 0.25) is 6.04 Å². The fourth-order valence-electron chi connectivity index (χ4n) is 5.82. The van der Waals surface area contributed by atoms with Gasteiger partial charge in [0.15, 0.2) is 0 Å². The summed E-state index contributed by atoms with van der Waals surface area (Å²) in [7, 11) is -2.55. The topological polar surface area (TPSA) is 35.2 Å². The monoisotopic (exact) mass is 463 g/mol. The molecular weight excluding hydrogens is 430 g/mol. The lowest BCUT2D eigenvalue weighted by atomic mass is 9.73. The summed E-state index contributed by atoms with van der Waals surface area (Å²) < 4.78 is 7.81. The fourth-order valence-corrected chi connectivity index (χ4v) is 10.2. The first kappa shape index (κ1) is 22.8. The van der Waals surface area contributed by atoms with Crippen LogP contribution < -0.4 is 16.1 Å². The van der Waals surface area contributed by atoms with Gasteiger partial charge < -0.3 is 10.2 Å². The predicted octanol–water partition coefficient (Wildman–Crippen LogP) is 5.47. The van der Waals surface area contributed by atoms with Gasteiger partial charge in [-0.15, -0.1) is 0 Å². The highest BCUT2D eigenvalue weighted by Gasteiger charge is 2.55. The zero-order chi connectivity index (χ0) is 23.3. The van der Waals surface area contributed by atoms with Crippen LogP contribution in [0.25, 0.3) is 0 Å². The van der Waals surface area contributed by atoms with Crippen molar-refractivity contribution in [3.05, 3.63) is 132 Å². The molecule has 0 aliphatic carbocycles. The molecule has 0 saturated carbocycles. The Hall–Kier alpha value is -2.98. The molecule has 0 amide bonds. The van der Waals surface area contributed by atoms with E-state index in [0.717, 1.165) is 25.3 Å². The first-order valence-corrected chi connectivity index (χ1v) is 14.5. The van der Waals surface area contributed by atoms with E-state index in [0.29, 0.717) is 12.5 Å². The molecule has 1 aliphatic heterocycles. The van der Waals surface area contributed by atoms with Gasteiger partial charge in [0.05, 0.1) is 0 Å². The molecule has 3 heteroatoms. The molecule has 1 unspecified atom stereocenters. The lowest BCUT2D eigenvalue weighted by molar-refractivity contribution is 0.0127. The Morgan fingerprint density at radius 1 is 0.676 bits per heavy atom. The largest absolute Gasteiger partial charge is 0.394 e. The molecule has 1 saturated heterocycles. The molecule has 0 spiro atoms. The number of hydrogen-bond donors (Lipinski definition) is 1. The number of hydrogen-bond acceptors (Lipinski definition) is 2. The first-order chi connectivity index (χ1) is 16.8. The molecule has 1 atom stereocenters. The van der Waals surface area contributed by atoms with Gasteiger partial charge in [0.25, 0.3) is 8.32 Å². The third-order valence-corrected chi connectivity index (χ3v) is 11.6. The maximum atomic E-state index is 7.81. The van der Waals surface area contributed by atoms with Crippen molar-refractivity contribution < 1.29 is 4.43 Å². The third kappa shape index (κ3) is 4.05. The second-order valence-electron chi connectivity index (χ2n) is 9.30. The van der Waals surface area contributed by atoms with E-state index in [4.69, 9.17) is 10.2 Å². The van der Waals surface area contributed by atoms with Gasteiger partial charge in [-0.25, -0.2) is 0 Å². The standard InChI is InChI=1S/C31H33NOSi/c32-24-13-18-28-23-25-34(29-19-9-3-10-20-29,30-21-11-4-12-22-30)33-31(28,26-14-5-1-6-15-26)27-16-7-2-8-17-27/h1-12,14-17,19-22,28H,13,18,23-25,32H2. The van der Waals surface area contributed by atoms with Crippen LogP contribution in [0.1, 0.15) is 30.4 Å². The van der Waals surface area contributed by atoms with Crippen LogP contribution >= 0.6 is 0 Å². The summed E-state index contributed by atoms with van der Waals surface area (Å²) in [5.74, 6) is 0.355. The molecule has 1 aliphatic rings. The smallest absolute Gasteiger partial charge is 0.257 e. The lowest BCUT2D eigenvalue weighted by Gasteiger charge is -2.53. The quantitative estimate of drug-likeness (QED) is 0.369. The zero-order valence-corrected chi connectivity index (χ0v) is 20.6. The summed E-state index contributed by atoms with van der Waals surface area (Å²) in [6, 6.07) is 44.8. The van der Waals surface area contributed by atoms with Gasteiger partial charge in [0.2, 0.25) is 0 Å². The second kappa shape index (κ2) is 10.1. The van der Waals surface area contributed by atoms with Crippen molar-refractivity contribution in [2.75, 3.05) is 6.54 Å². The molecular formula is C31H33NOSi. The Morgan fingerprint density at radius 2 is 1.12 bits per heavy atom. The summed E-state index contributed by atoms with van der Waals surface area (Å²) in [5.41, 5.74) is 7.98. The van der Waals surface area contributed by atoms with Crippen LogP contribution in [0.15, 0.2) is 121 Å². The molecule has 1 fully saturated rings. The minimum atomic E-state index is -2.55. The summed E-state index contributed by atoms with van der Waals surface area (Å²) in [4.78, 5) is 0. The molecule has 0 bridgehead atoms. The van der Waals surface area contributed by atoms with Crippen molar-refractivity contribution >= 4 is 18.7 Å².